The van der Waals surface area contributed by atoms with Gasteiger partial charge in [0.25, 0.3) is 0 Å². The third kappa shape index (κ3) is 4.05. The molecular weight excluding hydrogens is 523 g/mol. The summed E-state index contributed by atoms with van der Waals surface area (Å²) in [6, 6.07) is 9.08. The van der Waals surface area contributed by atoms with Gasteiger partial charge in [0.05, 0.1) is 28.0 Å². The lowest BCUT2D eigenvalue weighted by molar-refractivity contribution is 0.392. The third-order valence-electron chi connectivity index (χ3n) is 5.91. The van der Waals surface area contributed by atoms with Crippen molar-refractivity contribution < 1.29 is 26.2 Å². The lowest BCUT2D eigenvalue weighted by atomic mass is 10.0. The first kappa shape index (κ1) is 24.4. The number of halogens is 6. The summed E-state index contributed by atoms with van der Waals surface area (Å²) in [6.45, 7) is 0.135. The fraction of sp³-hybridized carbons (Fsp3) is 0.167. The summed E-state index contributed by atoms with van der Waals surface area (Å²) >= 11 is 6.45. The Kier molecular flexibility index (Phi) is 6.29. The SMILES string of the molecule is C[S@](=O)c1c(F)c(F)c(F)c(F)c1N1CC(Nc2ncnc3cc(-c4ccccc4F)c(Cl)cc23)C1. The van der Waals surface area contributed by atoms with E-state index in [0.717, 1.165) is 6.26 Å². The van der Waals surface area contributed by atoms with Crippen LogP contribution in [0.2, 0.25) is 5.02 Å². The van der Waals surface area contributed by atoms with Gasteiger partial charge in [-0.1, -0.05) is 29.8 Å². The maximum atomic E-state index is 14.5. The molecule has 0 aliphatic carbocycles. The second-order valence-corrected chi connectivity index (χ2v) is 9.91. The van der Waals surface area contributed by atoms with E-state index in [1.807, 2.05) is 0 Å². The van der Waals surface area contributed by atoms with E-state index in [0.29, 0.717) is 27.8 Å². The fourth-order valence-corrected chi connectivity index (χ4v) is 5.27. The average Bonchev–Trinajstić information content (AvgIpc) is 2.82. The number of nitrogens with zero attached hydrogens (tertiary/aromatic N) is 3. The van der Waals surface area contributed by atoms with E-state index in [-0.39, 0.29) is 24.2 Å². The smallest absolute Gasteiger partial charge is 0.199 e. The molecule has 1 saturated heterocycles. The van der Waals surface area contributed by atoms with E-state index in [2.05, 4.69) is 15.3 Å². The van der Waals surface area contributed by atoms with Crippen molar-refractivity contribution >= 4 is 44.8 Å². The van der Waals surface area contributed by atoms with Crippen LogP contribution in [0.25, 0.3) is 22.0 Å². The Labute approximate surface area is 209 Å². The van der Waals surface area contributed by atoms with Gasteiger partial charge in [0, 0.05) is 40.9 Å². The zero-order valence-corrected chi connectivity index (χ0v) is 20.0. The largest absolute Gasteiger partial charge is 0.364 e. The third-order valence-corrected chi connectivity index (χ3v) is 7.17. The maximum absolute atomic E-state index is 14.5. The van der Waals surface area contributed by atoms with E-state index in [1.54, 1.807) is 30.3 Å². The van der Waals surface area contributed by atoms with Crippen LogP contribution in [0, 0.1) is 29.1 Å². The quantitative estimate of drug-likeness (QED) is 0.201. The molecule has 0 saturated carbocycles. The van der Waals surface area contributed by atoms with Gasteiger partial charge < -0.3 is 10.2 Å². The summed E-state index contributed by atoms with van der Waals surface area (Å²) in [7, 11) is -2.11. The second kappa shape index (κ2) is 9.29. The molecule has 3 aromatic carbocycles. The molecule has 2 heterocycles. The molecule has 0 radical (unpaired) electrons. The lowest BCUT2D eigenvalue weighted by Crippen LogP contribution is -2.55. The number of hydrogen-bond acceptors (Lipinski definition) is 5. The van der Waals surface area contributed by atoms with Crippen molar-refractivity contribution in [2.75, 3.05) is 29.6 Å². The predicted octanol–water partition coefficient (Wildman–Crippen LogP) is 5.68. The number of rotatable bonds is 5. The van der Waals surface area contributed by atoms with Gasteiger partial charge in [0.15, 0.2) is 23.3 Å². The molecule has 0 spiro atoms. The topological polar surface area (TPSA) is 58.1 Å². The first-order valence-corrected chi connectivity index (χ1v) is 12.5. The molecule has 12 heteroatoms. The van der Waals surface area contributed by atoms with Gasteiger partial charge in [-0.25, -0.2) is 31.9 Å². The predicted molar refractivity (Wildman–Crippen MR) is 128 cm³/mol. The highest BCUT2D eigenvalue weighted by Crippen LogP contribution is 2.38. The monoisotopic (exact) mass is 538 g/mol. The molecule has 36 heavy (non-hydrogen) atoms. The minimum absolute atomic E-state index is 0.0676. The van der Waals surface area contributed by atoms with Gasteiger partial charge in [-0.05, 0) is 18.2 Å². The van der Waals surface area contributed by atoms with Crippen LogP contribution >= 0.6 is 11.6 Å². The average molecular weight is 539 g/mol. The standard InChI is InChI=1S/C24H16ClF5N4OS/c1-36(35)23-21(30)19(28)18(27)20(29)22(23)34-8-11(9-34)33-24-14-6-15(25)13(7-17(14)31-10-32-24)12-4-2-3-5-16(12)26/h2-7,10-11H,8-9H2,1H3,(H,31,32,33)/t36-/m0/s1. The molecular formula is C24H16ClF5N4OS. The summed E-state index contributed by atoms with van der Waals surface area (Å²) in [5, 5.41) is 3.96. The second-order valence-electron chi connectivity index (χ2n) is 8.19. The van der Waals surface area contributed by atoms with Crippen molar-refractivity contribution in [2.24, 2.45) is 0 Å². The van der Waals surface area contributed by atoms with E-state index in [4.69, 9.17) is 11.6 Å². The van der Waals surface area contributed by atoms with Crippen LogP contribution in [0.5, 0.6) is 0 Å². The fourth-order valence-electron chi connectivity index (χ4n) is 4.17. The van der Waals surface area contributed by atoms with E-state index < -0.39 is 50.5 Å². The Bertz CT molecular complexity index is 1550. The van der Waals surface area contributed by atoms with Crippen LogP contribution in [0.1, 0.15) is 0 Å². The van der Waals surface area contributed by atoms with Crippen molar-refractivity contribution in [3.05, 3.63) is 76.8 Å². The first-order chi connectivity index (χ1) is 17.2. The van der Waals surface area contributed by atoms with Crippen molar-refractivity contribution in [1.29, 1.82) is 0 Å². The Morgan fingerprint density at radius 3 is 2.36 bits per heavy atom. The van der Waals surface area contributed by atoms with Crippen molar-refractivity contribution in [1.82, 2.24) is 9.97 Å². The molecule has 0 bridgehead atoms. The van der Waals surface area contributed by atoms with Crippen LogP contribution < -0.4 is 10.2 Å². The summed E-state index contributed by atoms with van der Waals surface area (Å²) in [4.78, 5) is 9.00. The van der Waals surface area contributed by atoms with Crippen LogP contribution in [-0.4, -0.2) is 39.6 Å². The summed E-state index contributed by atoms with van der Waals surface area (Å²) < 4.78 is 82.6. The van der Waals surface area contributed by atoms with Gasteiger partial charge in [-0.15, -0.1) is 0 Å². The zero-order valence-electron chi connectivity index (χ0n) is 18.5. The molecule has 0 unspecified atom stereocenters. The molecule has 1 aliphatic rings. The number of fused-ring (bicyclic) bond motifs is 1. The van der Waals surface area contributed by atoms with E-state index >= 15 is 0 Å². The minimum atomic E-state index is -2.11. The van der Waals surface area contributed by atoms with Crippen LogP contribution in [-0.2, 0) is 10.8 Å². The maximum Gasteiger partial charge on any atom is 0.199 e. The molecule has 5 rings (SSSR count). The molecule has 5 nitrogen and oxygen atoms in total. The Morgan fingerprint density at radius 1 is 0.972 bits per heavy atom. The van der Waals surface area contributed by atoms with Crippen molar-refractivity contribution in [3.63, 3.8) is 0 Å². The van der Waals surface area contributed by atoms with Crippen LogP contribution in [0.4, 0.5) is 33.5 Å². The molecule has 1 aliphatic heterocycles. The Balaban J connectivity index is 1.42. The molecule has 1 N–H and O–H groups in total. The number of anilines is 2. The number of aromatic nitrogens is 2. The van der Waals surface area contributed by atoms with E-state index in [9.17, 15) is 26.2 Å². The zero-order chi connectivity index (χ0) is 25.7. The number of nitrogens with one attached hydrogen (secondary N) is 1. The summed E-state index contributed by atoms with van der Waals surface area (Å²) in [5.74, 6) is -7.29. The van der Waals surface area contributed by atoms with Crippen LogP contribution in [0.15, 0.2) is 47.6 Å². The molecule has 4 aromatic rings. The Morgan fingerprint density at radius 2 is 1.67 bits per heavy atom. The Hall–Kier alpha value is -3.31. The van der Waals surface area contributed by atoms with Crippen molar-refractivity contribution in [2.45, 2.75) is 10.9 Å². The lowest BCUT2D eigenvalue weighted by Gasteiger charge is -2.42. The number of benzene rings is 3. The highest BCUT2D eigenvalue weighted by molar-refractivity contribution is 7.84. The highest BCUT2D eigenvalue weighted by atomic mass is 35.5. The normalized spacial score (nSPS) is 14.7. The molecule has 1 fully saturated rings. The van der Waals surface area contributed by atoms with Gasteiger partial charge in [-0.3, -0.25) is 4.21 Å². The van der Waals surface area contributed by atoms with E-state index in [1.165, 1.54) is 17.3 Å². The molecule has 1 atom stereocenters. The van der Waals surface area contributed by atoms with Gasteiger partial charge in [0.2, 0.25) is 0 Å². The first-order valence-electron chi connectivity index (χ1n) is 10.6. The number of hydrogen-bond donors (Lipinski definition) is 1. The van der Waals surface area contributed by atoms with Gasteiger partial charge in [0.1, 0.15) is 22.9 Å². The van der Waals surface area contributed by atoms with Gasteiger partial charge >= 0.3 is 0 Å². The highest BCUT2D eigenvalue weighted by Gasteiger charge is 2.36. The molecule has 1 aromatic heterocycles. The van der Waals surface area contributed by atoms with Crippen molar-refractivity contribution in [3.8, 4) is 11.1 Å². The molecule has 0 amide bonds. The molecule has 186 valence electrons. The summed E-state index contributed by atoms with van der Waals surface area (Å²) in [5.41, 5.74) is 0.689. The van der Waals surface area contributed by atoms with Crippen LogP contribution in [0.3, 0.4) is 0 Å². The minimum Gasteiger partial charge on any atom is -0.364 e. The van der Waals surface area contributed by atoms with Gasteiger partial charge in [-0.2, -0.15) is 0 Å². The summed E-state index contributed by atoms with van der Waals surface area (Å²) in [6.07, 6.45) is 2.36.